The molecular formula is C24H32N4O4S. The average Bonchev–Trinajstić information content (AvgIpc) is 3.51. The van der Waals surface area contributed by atoms with Gasteiger partial charge in [0, 0.05) is 44.1 Å². The van der Waals surface area contributed by atoms with Crippen LogP contribution in [0, 0.1) is 6.92 Å². The van der Waals surface area contributed by atoms with Crippen LogP contribution in [0.25, 0.3) is 0 Å². The van der Waals surface area contributed by atoms with E-state index in [2.05, 4.69) is 15.6 Å². The van der Waals surface area contributed by atoms with Crippen LogP contribution in [0.15, 0.2) is 35.8 Å². The molecule has 1 fully saturated rings. The van der Waals surface area contributed by atoms with Crippen molar-refractivity contribution in [2.24, 2.45) is 0 Å². The number of ether oxygens (including phenoxy) is 1. The van der Waals surface area contributed by atoms with Crippen LogP contribution in [0.1, 0.15) is 55.7 Å². The van der Waals surface area contributed by atoms with E-state index < -0.39 is 6.04 Å². The highest BCUT2D eigenvalue weighted by atomic mass is 32.1. The van der Waals surface area contributed by atoms with Crippen molar-refractivity contribution < 1.29 is 19.1 Å². The van der Waals surface area contributed by atoms with Crippen molar-refractivity contribution in [2.45, 2.75) is 57.5 Å². The van der Waals surface area contributed by atoms with E-state index in [9.17, 15) is 14.4 Å². The molecule has 8 nitrogen and oxygen atoms in total. The molecule has 1 aliphatic carbocycles. The maximum absolute atomic E-state index is 13.5. The van der Waals surface area contributed by atoms with E-state index in [1.807, 2.05) is 31.2 Å². The highest BCUT2D eigenvalue weighted by Gasteiger charge is 2.37. The molecule has 9 heteroatoms. The Hall–Kier alpha value is -2.78. The van der Waals surface area contributed by atoms with Gasteiger partial charge in [0.2, 0.25) is 17.7 Å². The second-order valence-electron chi connectivity index (χ2n) is 8.22. The average molecular weight is 473 g/mol. The first-order valence-electron chi connectivity index (χ1n) is 11.3. The van der Waals surface area contributed by atoms with Crippen LogP contribution in [-0.2, 0) is 19.1 Å². The number of hydrogen-bond acceptors (Lipinski definition) is 6. The number of hydrogen-bond donors (Lipinski definition) is 2. The first kappa shape index (κ1) is 24.9. The second kappa shape index (κ2) is 12.5. The number of amides is 3. The maximum atomic E-state index is 13.5. The first-order chi connectivity index (χ1) is 16.0. The summed E-state index contributed by atoms with van der Waals surface area (Å²) in [6, 6.07) is 6.92. The topological polar surface area (TPSA) is 101 Å². The molecule has 3 rings (SSSR count). The summed E-state index contributed by atoms with van der Waals surface area (Å²) < 4.78 is 5.07. The van der Waals surface area contributed by atoms with E-state index in [-0.39, 0.29) is 36.6 Å². The fourth-order valence-electron chi connectivity index (χ4n) is 4.12. The van der Waals surface area contributed by atoms with Gasteiger partial charge in [-0.15, -0.1) is 11.3 Å². The third kappa shape index (κ3) is 7.10. The SMILES string of the molecule is COCCNC(=O)C(c1ccc(C)cc1)N(C(=O)CCC(=O)Nc1nccs1)C1CCCC1. The van der Waals surface area contributed by atoms with Crippen molar-refractivity contribution in [3.05, 3.63) is 47.0 Å². The van der Waals surface area contributed by atoms with Gasteiger partial charge in [-0.05, 0) is 25.3 Å². The molecule has 0 saturated heterocycles. The summed E-state index contributed by atoms with van der Waals surface area (Å²) in [5, 5.41) is 7.90. The number of benzene rings is 1. The van der Waals surface area contributed by atoms with E-state index in [0.717, 1.165) is 36.8 Å². The molecular weight excluding hydrogens is 440 g/mol. The van der Waals surface area contributed by atoms with Crippen LogP contribution in [-0.4, -0.2) is 53.9 Å². The number of carbonyl (C=O) groups excluding carboxylic acids is 3. The van der Waals surface area contributed by atoms with Crippen LogP contribution in [0.5, 0.6) is 0 Å². The number of rotatable bonds is 11. The van der Waals surface area contributed by atoms with Crippen LogP contribution < -0.4 is 10.6 Å². The van der Waals surface area contributed by atoms with Crippen molar-refractivity contribution in [1.29, 1.82) is 0 Å². The minimum atomic E-state index is -0.750. The van der Waals surface area contributed by atoms with Crippen LogP contribution in [0.2, 0.25) is 0 Å². The van der Waals surface area contributed by atoms with Gasteiger partial charge in [0.25, 0.3) is 0 Å². The molecule has 1 aliphatic rings. The molecule has 1 aromatic heterocycles. The molecule has 3 amide bonds. The third-order valence-electron chi connectivity index (χ3n) is 5.78. The number of carbonyl (C=O) groups is 3. The molecule has 0 aliphatic heterocycles. The molecule has 1 aromatic carbocycles. The molecule has 33 heavy (non-hydrogen) atoms. The third-order valence-corrected chi connectivity index (χ3v) is 6.46. The van der Waals surface area contributed by atoms with E-state index in [1.54, 1.807) is 23.6 Å². The van der Waals surface area contributed by atoms with Crippen molar-refractivity contribution >= 4 is 34.2 Å². The summed E-state index contributed by atoms with van der Waals surface area (Å²) in [5.41, 5.74) is 1.85. The molecule has 1 atom stereocenters. The Labute approximate surface area is 198 Å². The van der Waals surface area contributed by atoms with Gasteiger partial charge in [-0.3, -0.25) is 14.4 Å². The highest BCUT2D eigenvalue weighted by molar-refractivity contribution is 7.13. The number of methoxy groups -OCH3 is 1. The first-order valence-corrected chi connectivity index (χ1v) is 12.2. The number of nitrogens with zero attached hydrogens (tertiary/aromatic N) is 2. The normalized spacial score (nSPS) is 14.6. The zero-order chi connectivity index (χ0) is 23.6. The fraction of sp³-hybridized carbons (Fsp3) is 0.500. The zero-order valence-corrected chi connectivity index (χ0v) is 20.0. The van der Waals surface area contributed by atoms with E-state index >= 15 is 0 Å². The largest absolute Gasteiger partial charge is 0.383 e. The number of aryl methyl sites for hydroxylation is 1. The Bertz CT molecular complexity index is 911. The Morgan fingerprint density at radius 1 is 1.18 bits per heavy atom. The van der Waals surface area contributed by atoms with Gasteiger partial charge < -0.3 is 20.3 Å². The lowest BCUT2D eigenvalue weighted by molar-refractivity contribution is -0.144. The van der Waals surface area contributed by atoms with Crippen molar-refractivity contribution in [3.63, 3.8) is 0 Å². The summed E-state index contributed by atoms with van der Waals surface area (Å²) >= 11 is 1.33. The number of thiazole rings is 1. The molecule has 0 radical (unpaired) electrons. The van der Waals surface area contributed by atoms with Gasteiger partial charge in [0.15, 0.2) is 5.13 Å². The van der Waals surface area contributed by atoms with E-state index in [1.165, 1.54) is 11.3 Å². The molecule has 2 aromatic rings. The van der Waals surface area contributed by atoms with E-state index in [4.69, 9.17) is 4.74 Å². The minimum Gasteiger partial charge on any atom is -0.383 e. The van der Waals surface area contributed by atoms with Crippen molar-refractivity contribution in [3.8, 4) is 0 Å². The van der Waals surface area contributed by atoms with Crippen molar-refractivity contribution in [1.82, 2.24) is 15.2 Å². The maximum Gasteiger partial charge on any atom is 0.247 e. The number of nitrogens with one attached hydrogen (secondary N) is 2. The van der Waals surface area contributed by atoms with Gasteiger partial charge in [-0.1, -0.05) is 42.7 Å². The molecule has 178 valence electrons. The second-order valence-corrected chi connectivity index (χ2v) is 9.12. The molecule has 1 unspecified atom stereocenters. The standard InChI is InChI=1S/C24H32N4O4S/c1-17-7-9-18(10-8-17)22(23(31)25-13-15-32-2)28(19-5-3-4-6-19)21(30)12-11-20(29)27-24-26-14-16-33-24/h7-10,14,16,19,22H,3-6,11-13,15H2,1-2H3,(H,25,31)(H,26,27,29). The Morgan fingerprint density at radius 3 is 2.55 bits per heavy atom. The van der Waals surface area contributed by atoms with Gasteiger partial charge in [0.1, 0.15) is 6.04 Å². The Balaban J connectivity index is 1.80. The van der Waals surface area contributed by atoms with E-state index in [0.29, 0.717) is 18.3 Å². The summed E-state index contributed by atoms with van der Waals surface area (Å²) in [7, 11) is 1.58. The van der Waals surface area contributed by atoms with Crippen LogP contribution in [0.4, 0.5) is 5.13 Å². The lowest BCUT2D eigenvalue weighted by atomic mass is 9.99. The van der Waals surface area contributed by atoms with Gasteiger partial charge in [-0.25, -0.2) is 4.98 Å². The molecule has 1 saturated carbocycles. The summed E-state index contributed by atoms with van der Waals surface area (Å²) in [6.45, 7) is 2.74. The summed E-state index contributed by atoms with van der Waals surface area (Å²) in [6.07, 6.45) is 5.42. The molecule has 1 heterocycles. The summed E-state index contributed by atoms with van der Waals surface area (Å²) in [5.74, 6) is -0.687. The molecule has 0 spiro atoms. The van der Waals surface area contributed by atoms with Crippen LogP contribution >= 0.6 is 11.3 Å². The lowest BCUT2D eigenvalue weighted by Gasteiger charge is -2.36. The zero-order valence-electron chi connectivity index (χ0n) is 19.2. The smallest absolute Gasteiger partial charge is 0.247 e. The Morgan fingerprint density at radius 2 is 1.91 bits per heavy atom. The number of aromatic nitrogens is 1. The molecule has 0 bridgehead atoms. The molecule has 2 N–H and O–H groups in total. The predicted octanol–water partition coefficient (Wildman–Crippen LogP) is 3.45. The van der Waals surface area contributed by atoms with Gasteiger partial charge in [0.05, 0.1) is 6.61 Å². The monoisotopic (exact) mass is 472 g/mol. The quantitative estimate of drug-likeness (QED) is 0.488. The van der Waals surface area contributed by atoms with Gasteiger partial charge >= 0.3 is 0 Å². The Kier molecular flexibility index (Phi) is 9.38. The fourth-order valence-corrected chi connectivity index (χ4v) is 4.66. The van der Waals surface area contributed by atoms with Crippen LogP contribution in [0.3, 0.4) is 0 Å². The summed E-state index contributed by atoms with van der Waals surface area (Å²) in [4.78, 5) is 44.9. The number of anilines is 1. The lowest BCUT2D eigenvalue weighted by Crippen LogP contribution is -2.48. The van der Waals surface area contributed by atoms with Gasteiger partial charge in [-0.2, -0.15) is 0 Å². The predicted molar refractivity (Wildman–Crippen MR) is 128 cm³/mol. The highest BCUT2D eigenvalue weighted by Crippen LogP contribution is 2.32. The minimum absolute atomic E-state index is 0.0287. The van der Waals surface area contributed by atoms with Crippen molar-refractivity contribution in [2.75, 3.05) is 25.6 Å².